The Bertz CT molecular complexity index is 971. The Kier molecular flexibility index (Phi) is 6.88. The van der Waals surface area contributed by atoms with E-state index in [-0.39, 0.29) is 17.5 Å². The average molecular weight is 419 g/mol. The van der Waals surface area contributed by atoms with Crippen LogP contribution in [0.15, 0.2) is 42.1 Å². The summed E-state index contributed by atoms with van der Waals surface area (Å²) in [5.41, 5.74) is 0.614. The fraction of sp³-hybridized carbons (Fsp3) is 0.278. The van der Waals surface area contributed by atoms with E-state index in [0.29, 0.717) is 28.2 Å². The molecular weight excluding hydrogens is 399 g/mol. The molecule has 0 aliphatic carbocycles. The van der Waals surface area contributed by atoms with Crippen molar-refractivity contribution >= 4 is 34.1 Å². The molecule has 0 spiro atoms. The van der Waals surface area contributed by atoms with Crippen molar-refractivity contribution in [2.45, 2.75) is 31.5 Å². The first kappa shape index (κ1) is 20.2. The van der Waals surface area contributed by atoms with Crippen LogP contribution in [0, 0.1) is 5.82 Å². The summed E-state index contributed by atoms with van der Waals surface area (Å²) in [6, 6.07) is 6.15. The van der Waals surface area contributed by atoms with Crippen molar-refractivity contribution in [3.8, 4) is 11.4 Å². The van der Waals surface area contributed by atoms with E-state index in [4.69, 9.17) is 0 Å². The highest BCUT2D eigenvalue weighted by molar-refractivity contribution is 7.99. The summed E-state index contributed by atoms with van der Waals surface area (Å²) in [5, 5.41) is 21.0. The van der Waals surface area contributed by atoms with Crippen molar-refractivity contribution in [1.82, 2.24) is 25.0 Å². The number of rotatable bonds is 9. The van der Waals surface area contributed by atoms with Crippen molar-refractivity contribution in [2.24, 2.45) is 0 Å². The van der Waals surface area contributed by atoms with Crippen LogP contribution in [0.3, 0.4) is 0 Å². The monoisotopic (exact) mass is 418 g/mol. The summed E-state index contributed by atoms with van der Waals surface area (Å²) in [5.74, 6) is 0.111. The first-order chi connectivity index (χ1) is 13.6. The number of nitrogens with zero attached hydrogens (tertiary/aromatic N) is 5. The lowest BCUT2D eigenvalue weighted by molar-refractivity contribution is -0.113. The zero-order chi connectivity index (χ0) is 19.9. The van der Waals surface area contributed by atoms with Gasteiger partial charge in [0.1, 0.15) is 10.8 Å². The minimum atomic E-state index is -0.348. The lowest BCUT2D eigenvalue weighted by Gasteiger charge is -2.07. The number of aromatic nitrogens is 5. The molecule has 1 N–H and O–H groups in total. The number of aryl methyl sites for hydroxylation is 1. The Labute approximate surface area is 170 Å². The second kappa shape index (κ2) is 9.56. The molecule has 0 radical (unpaired) electrons. The zero-order valence-corrected chi connectivity index (χ0v) is 16.9. The van der Waals surface area contributed by atoms with Gasteiger partial charge in [0.25, 0.3) is 0 Å². The molecule has 1 amide bonds. The number of benzene rings is 1. The SMILES string of the molecule is C=CCn1c(SCC(=O)Nc2nnc(CCC)s2)nnc1-c1cccc(F)c1. The number of allylic oxidation sites excluding steroid dienone is 1. The van der Waals surface area contributed by atoms with Gasteiger partial charge in [-0.1, -0.05) is 48.2 Å². The second-order valence-corrected chi connectivity index (χ2v) is 7.81. The number of halogens is 1. The zero-order valence-electron chi connectivity index (χ0n) is 15.3. The molecular formula is C18H19FN6OS2. The van der Waals surface area contributed by atoms with E-state index in [2.05, 4.69) is 39.2 Å². The van der Waals surface area contributed by atoms with Crippen LogP contribution in [0.1, 0.15) is 18.4 Å². The van der Waals surface area contributed by atoms with E-state index in [9.17, 15) is 9.18 Å². The van der Waals surface area contributed by atoms with Gasteiger partial charge in [-0.15, -0.1) is 27.0 Å². The number of carbonyl (C=O) groups is 1. The molecule has 3 rings (SSSR count). The molecule has 0 saturated heterocycles. The maximum absolute atomic E-state index is 13.5. The lowest BCUT2D eigenvalue weighted by atomic mass is 10.2. The van der Waals surface area contributed by atoms with Crippen LogP contribution in [0.2, 0.25) is 0 Å². The van der Waals surface area contributed by atoms with Gasteiger partial charge < -0.3 is 0 Å². The Balaban J connectivity index is 1.68. The average Bonchev–Trinajstić information content (AvgIpc) is 3.28. The number of thioether (sulfide) groups is 1. The predicted molar refractivity (Wildman–Crippen MR) is 109 cm³/mol. The molecule has 1 aromatic carbocycles. The molecule has 0 atom stereocenters. The molecule has 2 heterocycles. The number of nitrogens with one attached hydrogen (secondary N) is 1. The smallest absolute Gasteiger partial charge is 0.236 e. The maximum Gasteiger partial charge on any atom is 0.236 e. The van der Waals surface area contributed by atoms with Crippen LogP contribution in [0.25, 0.3) is 11.4 Å². The van der Waals surface area contributed by atoms with Gasteiger partial charge in [-0.25, -0.2) is 4.39 Å². The third-order valence-corrected chi connectivity index (χ3v) is 5.49. The third-order valence-electron chi connectivity index (χ3n) is 3.62. The Hall–Kier alpha value is -2.59. The summed E-state index contributed by atoms with van der Waals surface area (Å²) >= 11 is 2.62. The molecule has 146 valence electrons. The topological polar surface area (TPSA) is 85.6 Å². The highest BCUT2D eigenvalue weighted by atomic mass is 32.2. The van der Waals surface area contributed by atoms with Crippen molar-refractivity contribution in [3.63, 3.8) is 0 Å². The van der Waals surface area contributed by atoms with E-state index >= 15 is 0 Å². The highest BCUT2D eigenvalue weighted by Crippen LogP contribution is 2.25. The maximum atomic E-state index is 13.5. The Morgan fingerprint density at radius 3 is 2.96 bits per heavy atom. The Morgan fingerprint density at radius 2 is 2.21 bits per heavy atom. The summed E-state index contributed by atoms with van der Waals surface area (Å²) in [6.07, 6.45) is 3.52. The van der Waals surface area contributed by atoms with Crippen molar-refractivity contribution < 1.29 is 9.18 Å². The van der Waals surface area contributed by atoms with Crippen LogP contribution in [0.5, 0.6) is 0 Å². The van der Waals surface area contributed by atoms with Gasteiger partial charge in [0.2, 0.25) is 11.0 Å². The van der Waals surface area contributed by atoms with Gasteiger partial charge in [0.05, 0.1) is 5.75 Å². The number of amides is 1. The summed E-state index contributed by atoms with van der Waals surface area (Å²) in [7, 11) is 0. The van der Waals surface area contributed by atoms with Crippen LogP contribution >= 0.6 is 23.1 Å². The van der Waals surface area contributed by atoms with E-state index in [1.807, 2.05) is 0 Å². The lowest BCUT2D eigenvalue weighted by Crippen LogP contribution is -2.14. The largest absolute Gasteiger partial charge is 0.300 e. The first-order valence-electron chi connectivity index (χ1n) is 8.65. The first-order valence-corrected chi connectivity index (χ1v) is 10.5. The van der Waals surface area contributed by atoms with Gasteiger partial charge in [0.15, 0.2) is 11.0 Å². The van der Waals surface area contributed by atoms with Gasteiger partial charge in [0, 0.05) is 18.5 Å². The molecule has 2 aromatic heterocycles. The number of carbonyl (C=O) groups excluding carboxylic acids is 1. The molecule has 0 bridgehead atoms. The summed E-state index contributed by atoms with van der Waals surface area (Å²) < 4.78 is 15.3. The van der Waals surface area contributed by atoms with E-state index in [0.717, 1.165) is 17.8 Å². The van der Waals surface area contributed by atoms with Crippen LogP contribution in [-0.4, -0.2) is 36.6 Å². The summed E-state index contributed by atoms with van der Waals surface area (Å²) in [4.78, 5) is 12.2. The highest BCUT2D eigenvalue weighted by Gasteiger charge is 2.16. The van der Waals surface area contributed by atoms with Crippen molar-refractivity contribution in [2.75, 3.05) is 11.1 Å². The standard InChI is InChI=1S/C18H19FN6OS2/c1-3-6-15-21-23-17(28-15)20-14(26)11-27-18-24-22-16(25(18)9-4-2)12-7-5-8-13(19)10-12/h4-5,7-8,10H,2-3,6,9,11H2,1H3,(H,20,23,26). The molecule has 0 unspecified atom stereocenters. The molecule has 10 heteroatoms. The van der Waals surface area contributed by atoms with E-state index < -0.39 is 0 Å². The van der Waals surface area contributed by atoms with E-state index in [1.165, 1.54) is 35.2 Å². The minimum Gasteiger partial charge on any atom is -0.300 e. The normalized spacial score (nSPS) is 10.8. The third kappa shape index (κ3) is 5.02. The molecule has 0 saturated carbocycles. The molecule has 0 fully saturated rings. The predicted octanol–water partition coefficient (Wildman–Crippen LogP) is 3.81. The van der Waals surface area contributed by atoms with Gasteiger partial charge in [-0.3, -0.25) is 14.7 Å². The van der Waals surface area contributed by atoms with Crippen molar-refractivity contribution in [1.29, 1.82) is 0 Å². The van der Waals surface area contributed by atoms with Gasteiger partial charge in [-0.2, -0.15) is 0 Å². The van der Waals surface area contributed by atoms with Crippen LogP contribution < -0.4 is 5.32 Å². The Morgan fingerprint density at radius 1 is 1.36 bits per heavy atom. The molecule has 0 aliphatic heterocycles. The molecule has 7 nitrogen and oxygen atoms in total. The fourth-order valence-corrected chi connectivity index (χ4v) is 4.04. The quantitative estimate of drug-likeness (QED) is 0.420. The van der Waals surface area contributed by atoms with Crippen LogP contribution in [-0.2, 0) is 17.8 Å². The molecule has 0 aliphatic rings. The van der Waals surface area contributed by atoms with Gasteiger partial charge >= 0.3 is 0 Å². The molecule has 3 aromatic rings. The number of anilines is 1. The minimum absolute atomic E-state index is 0.140. The van der Waals surface area contributed by atoms with Crippen LogP contribution in [0.4, 0.5) is 9.52 Å². The number of hydrogen-bond acceptors (Lipinski definition) is 7. The van der Waals surface area contributed by atoms with E-state index in [1.54, 1.807) is 22.8 Å². The fourth-order valence-electron chi connectivity index (χ4n) is 2.43. The number of hydrogen-bond donors (Lipinski definition) is 1. The molecule has 28 heavy (non-hydrogen) atoms. The van der Waals surface area contributed by atoms with Crippen molar-refractivity contribution in [3.05, 3.63) is 47.7 Å². The van der Waals surface area contributed by atoms with Gasteiger partial charge in [-0.05, 0) is 18.6 Å². The summed E-state index contributed by atoms with van der Waals surface area (Å²) in [6.45, 7) is 6.25. The second-order valence-electron chi connectivity index (χ2n) is 5.80.